The van der Waals surface area contributed by atoms with Gasteiger partial charge in [-0.3, -0.25) is 0 Å². The van der Waals surface area contributed by atoms with E-state index in [2.05, 4.69) is 149 Å². The lowest BCUT2D eigenvalue weighted by molar-refractivity contribution is 1.30. The van der Waals surface area contributed by atoms with Crippen molar-refractivity contribution in [3.63, 3.8) is 0 Å². The van der Waals surface area contributed by atoms with Crippen molar-refractivity contribution in [2.75, 3.05) is 4.90 Å². The van der Waals surface area contributed by atoms with Crippen LogP contribution in [-0.2, 0) is 0 Å². The zero-order chi connectivity index (χ0) is 21.5. The molecule has 0 saturated heterocycles. The van der Waals surface area contributed by atoms with Crippen LogP contribution < -0.4 is 4.90 Å². The molecule has 6 aromatic carbocycles. The number of anilines is 3. The van der Waals surface area contributed by atoms with Gasteiger partial charge >= 0.3 is 0 Å². The summed E-state index contributed by atoms with van der Waals surface area (Å²) in [7, 11) is 0. The van der Waals surface area contributed by atoms with E-state index < -0.39 is 0 Å². The maximum absolute atomic E-state index is 2.38. The summed E-state index contributed by atoms with van der Waals surface area (Å²) in [6, 6.07) is 43.7. The topological polar surface area (TPSA) is 3.24 Å². The molecule has 1 nitrogen and oxygen atoms in total. The molecule has 0 atom stereocenters. The van der Waals surface area contributed by atoms with Crippen LogP contribution >= 0.6 is 22.6 Å². The number of rotatable bonds is 3. The molecule has 0 spiro atoms. The standard InChI is InChI=1S/C30H20IN/c31-24-15-17-27-22(19-24)13-14-23-20-26(16-18-28(23)27)32(25-9-2-1-3-10-25)30-12-6-8-21-7-4-5-11-29(21)30/h1-20H. The molecule has 0 fully saturated rings. The molecule has 0 N–H and O–H groups in total. The normalized spacial score (nSPS) is 11.3. The van der Waals surface area contributed by atoms with Crippen molar-refractivity contribution in [2.24, 2.45) is 0 Å². The van der Waals surface area contributed by atoms with Gasteiger partial charge in [-0.25, -0.2) is 0 Å². The van der Waals surface area contributed by atoms with Crippen molar-refractivity contribution < 1.29 is 0 Å². The molecular formula is C30H20IN. The third kappa shape index (κ3) is 3.32. The smallest absolute Gasteiger partial charge is 0.0540 e. The molecule has 0 aliphatic rings. The molecule has 2 heteroatoms. The van der Waals surface area contributed by atoms with Crippen LogP contribution in [0.2, 0.25) is 0 Å². The van der Waals surface area contributed by atoms with Crippen LogP contribution in [0.15, 0.2) is 121 Å². The van der Waals surface area contributed by atoms with Gasteiger partial charge in [-0.15, -0.1) is 0 Å². The minimum Gasteiger partial charge on any atom is -0.310 e. The molecule has 0 saturated carbocycles. The Labute approximate surface area is 201 Å². The molecule has 0 amide bonds. The first kappa shape index (κ1) is 19.3. The molecule has 152 valence electrons. The van der Waals surface area contributed by atoms with Gasteiger partial charge in [0.2, 0.25) is 0 Å². The number of hydrogen-bond acceptors (Lipinski definition) is 1. The molecule has 6 aromatic rings. The highest BCUT2D eigenvalue weighted by Crippen LogP contribution is 2.40. The van der Waals surface area contributed by atoms with Gasteiger partial charge in [0.05, 0.1) is 5.69 Å². The Bertz CT molecular complexity index is 1580. The first-order valence-corrected chi connectivity index (χ1v) is 11.8. The van der Waals surface area contributed by atoms with Crippen molar-refractivity contribution in [3.8, 4) is 0 Å². The van der Waals surface area contributed by atoms with Crippen LogP contribution in [0.4, 0.5) is 17.1 Å². The van der Waals surface area contributed by atoms with E-state index in [1.54, 1.807) is 0 Å². The second-order valence-electron chi connectivity index (χ2n) is 8.01. The SMILES string of the molecule is Ic1ccc2c(ccc3cc(N(c4ccccc4)c4cccc5ccccc45)ccc32)c1. The van der Waals surface area contributed by atoms with Gasteiger partial charge < -0.3 is 4.90 Å². The summed E-state index contributed by atoms with van der Waals surface area (Å²) >= 11 is 2.38. The Kier molecular flexibility index (Phi) is 4.80. The number of hydrogen-bond donors (Lipinski definition) is 0. The molecular weight excluding hydrogens is 501 g/mol. The van der Waals surface area contributed by atoms with Crippen LogP contribution in [0.25, 0.3) is 32.3 Å². The molecule has 0 heterocycles. The summed E-state index contributed by atoms with van der Waals surface area (Å²) in [5, 5.41) is 7.60. The van der Waals surface area contributed by atoms with E-state index >= 15 is 0 Å². The van der Waals surface area contributed by atoms with Gasteiger partial charge in [0.15, 0.2) is 0 Å². The zero-order valence-corrected chi connectivity index (χ0v) is 19.5. The van der Waals surface area contributed by atoms with Crippen molar-refractivity contribution in [3.05, 3.63) is 125 Å². The van der Waals surface area contributed by atoms with E-state index in [4.69, 9.17) is 0 Å². The van der Waals surface area contributed by atoms with Gasteiger partial charge in [0.25, 0.3) is 0 Å². The molecule has 0 unspecified atom stereocenters. The minimum atomic E-state index is 1.15. The highest BCUT2D eigenvalue weighted by Gasteiger charge is 2.15. The second kappa shape index (κ2) is 7.95. The van der Waals surface area contributed by atoms with Gasteiger partial charge in [-0.2, -0.15) is 0 Å². The lowest BCUT2D eigenvalue weighted by atomic mass is 10.0. The monoisotopic (exact) mass is 521 g/mol. The van der Waals surface area contributed by atoms with Gasteiger partial charge in [0.1, 0.15) is 0 Å². The van der Waals surface area contributed by atoms with E-state index in [0.717, 1.165) is 11.4 Å². The quantitative estimate of drug-likeness (QED) is 0.166. The van der Waals surface area contributed by atoms with Gasteiger partial charge in [0, 0.05) is 20.3 Å². The molecule has 0 aliphatic heterocycles. The highest BCUT2D eigenvalue weighted by atomic mass is 127. The Hall–Kier alpha value is -3.37. The number of nitrogens with zero attached hydrogens (tertiary/aromatic N) is 1. The minimum absolute atomic E-state index is 1.15. The Morgan fingerprint density at radius 2 is 1.12 bits per heavy atom. The zero-order valence-electron chi connectivity index (χ0n) is 17.4. The predicted octanol–water partition coefficient (Wildman–Crippen LogP) is 9.22. The fourth-order valence-corrected chi connectivity index (χ4v) is 5.09. The fourth-order valence-electron chi connectivity index (χ4n) is 4.58. The van der Waals surface area contributed by atoms with Crippen LogP contribution in [0.1, 0.15) is 0 Å². The maximum atomic E-state index is 2.38. The van der Waals surface area contributed by atoms with Crippen molar-refractivity contribution in [2.45, 2.75) is 0 Å². The first-order chi connectivity index (χ1) is 15.8. The number of halogens is 1. The van der Waals surface area contributed by atoms with Crippen LogP contribution in [-0.4, -0.2) is 0 Å². The second-order valence-corrected chi connectivity index (χ2v) is 9.25. The average Bonchev–Trinajstić information content (AvgIpc) is 2.85. The van der Waals surface area contributed by atoms with Crippen molar-refractivity contribution in [1.29, 1.82) is 0 Å². The van der Waals surface area contributed by atoms with Crippen LogP contribution in [0.5, 0.6) is 0 Å². The maximum Gasteiger partial charge on any atom is 0.0540 e. The molecule has 0 radical (unpaired) electrons. The summed E-state index contributed by atoms with van der Waals surface area (Å²) in [6.07, 6.45) is 0. The lowest BCUT2D eigenvalue weighted by Gasteiger charge is -2.27. The Morgan fingerprint density at radius 1 is 0.438 bits per heavy atom. The van der Waals surface area contributed by atoms with Crippen molar-refractivity contribution in [1.82, 2.24) is 0 Å². The molecule has 32 heavy (non-hydrogen) atoms. The Morgan fingerprint density at radius 3 is 1.97 bits per heavy atom. The van der Waals surface area contributed by atoms with E-state index in [1.807, 2.05) is 0 Å². The summed E-state index contributed by atoms with van der Waals surface area (Å²) < 4.78 is 1.26. The van der Waals surface area contributed by atoms with E-state index in [9.17, 15) is 0 Å². The van der Waals surface area contributed by atoms with E-state index in [-0.39, 0.29) is 0 Å². The number of fused-ring (bicyclic) bond motifs is 4. The van der Waals surface area contributed by atoms with Crippen LogP contribution in [0.3, 0.4) is 0 Å². The summed E-state index contributed by atoms with van der Waals surface area (Å²) in [5.74, 6) is 0. The summed E-state index contributed by atoms with van der Waals surface area (Å²) in [4.78, 5) is 2.36. The summed E-state index contributed by atoms with van der Waals surface area (Å²) in [6.45, 7) is 0. The third-order valence-corrected chi connectivity index (χ3v) is 6.73. The average molecular weight is 521 g/mol. The molecule has 6 rings (SSSR count). The predicted molar refractivity (Wildman–Crippen MR) is 146 cm³/mol. The Balaban J connectivity index is 1.60. The largest absolute Gasteiger partial charge is 0.310 e. The van der Waals surface area contributed by atoms with Gasteiger partial charge in [-0.05, 0) is 92.0 Å². The van der Waals surface area contributed by atoms with E-state index in [0.29, 0.717) is 0 Å². The molecule has 0 aliphatic carbocycles. The lowest BCUT2D eigenvalue weighted by Crippen LogP contribution is -2.10. The first-order valence-electron chi connectivity index (χ1n) is 10.7. The number of para-hydroxylation sites is 1. The number of benzene rings is 6. The molecule has 0 bridgehead atoms. The van der Waals surface area contributed by atoms with E-state index in [1.165, 1.54) is 41.6 Å². The highest BCUT2D eigenvalue weighted by molar-refractivity contribution is 14.1. The fraction of sp³-hybridized carbons (Fsp3) is 0. The summed E-state index contributed by atoms with van der Waals surface area (Å²) in [5.41, 5.74) is 3.49. The third-order valence-electron chi connectivity index (χ3n) is 6.06. The van der Waals surface area contributed by atoms with Crippen LogP contribution in [0, 0.1) is 3.57 Å². The van der Waals surface area contributed by atoms with Crippen molar-refractivity contribution >= 4 is 72.0 Å². The van der Waals surface area contributed by atoms with Gasteiger partial charge in [-0.1, -0.05) is 78.9 Å². The molecule has 0 aromatic heterocycles.